The Morgan fingerprint density at radius 2 is 2.00 bits per heavy atom. The van der Waals surface area contributed by atoms with Gasteiger partial charge in [-0.3, -0.25) is 4.79 Å². The standard InChI is InChI=1S/C15H28N2O2/c1-11(2)12-4-3-8-17(9-7-12)10-15(16,14(18)19)13-5-6-13/h11-13H,3-10,16H2,1-2H3,(H,18,19). The molecule has 1 aliphatic heterocycles. The molecule has 0 radical (unpaired) electrons. The zero-order chi connectivity index (χ0) is 14.0. The fraction of sp³-hybridized carbons (Fsp3) is 0.933. The summed E-state index contributed by atoms with van der Waals surface area (Å²) >= 11 is 0. The number of nitrogens with two attached hydrogens (primary N) is 1. The zero-order valence-electron chi connectivity index (χ0n) is 12.3. The van der Waals surface area contributed by atoms with Gasteiger partial charge in [-0.05, 0) is 62.9 Å². The SMILES string of the molecule is CC(C)C1CCCN(CC(N)(C(=O)O)C2CC2)CC1. The summed E-state index contributed by atoms with van der Waals surface area (Å²) in [5.74, 6) is 0.877. The molecule has 4 nitrogen and oxygen atoms in total. The van der Waals surface area contributed by atoms with Crippen LogP contribution < -0.4 is 5.73 Å². The maximum atomic E-state index is 11.5. The lowest BCUT2D eigenvalue weighted by atomic mass is 9.89. The molecule has 0 amide bonds. The molecular weight excluding hydrogens is 240 g/mol. The summed E-state index contributed by atoms with van der Waals surface area (Å²) in [5, 5.41) is 9.43. The van der Waals surface area contributed by atoms with Gasteiger partial charge in [0.2, 0.25) is 0 Å². The molecule has 1 saturated heterocycles. The summed E-state index contributed by atoms with van der Waals surface area (Å²) in [6.45, 7) is 7.10. The van der Waals surface area contributed by atoms with Gasteiger partial charge in [0, 0.05) is 6.54 Å². The van der Waals surface area contributed by atoms with Gasteiger partial charge in [-0.15, -0.1) is 0 Å². The van der Waals surface area contributed by atoms with Crippen LogP contribution in [0.4, 0.5) is 0 Å². The van der Waals surface area contributed by atoms with Crippen LogP contribution in [0.5, 0.6) is 0 Å². The second-order valence-corrected chi connectivity index (χ2v) is 6.83. The molecule has 0 aromatic rings. The van der Waals surface area contributed by atoms with Gasteiger partial charge in [0.05, 0.1) is 0 Å². The van der Waals surface area contributed by atoms with E-state index >= 15 is 0 Å². The van der Waals surface area contributed by atoms with Crippen LogP contribution in [0.3, 0.4) is 0 Å². The molecule has 1 aliphatic carbocycles. The molecule has 0 spiro atoms. The predicted molar refractivity (Wildman–Crippen MR) is 75.9 cm³/mol. The van der Waals surface area contributed by atoms with Gasteiger partial charge in [-0.2, -0.15) is 0 Å². The van der Waals surface area contributed by atoms with Crippen LogP contribution in [0.15, 0.2) is 0 Å². The van der Waals surface area contributed by atoms with Crippen LogP contribution in [-0.4, -0.2) is 41.1 Å². The Morgan fingerprint density at radius 3 is 2.53 bits per heavy atom. The number of carboxylic acids is 1. The molecule has 110 valence electrons. The van der Waals surface area contributed by atoms with E-state index in [4.69, 9.17) is 5.73 Å². The Bertz CT molecular complexity index is 328. The van der Waals surface area contributed by atoms with Crippen molar-refractivity contribution in [3.63, 3.8) is 0 Å². The first-order valence-electron chi connectivity index (χ1n) is 7.68. The van der Waals surface area contributed by atoms with Gasteiger partial charge in [-0.1, -0.05) is 13.8 Å². The Morgan fingerprint density at radius 1 is 1.32 bits per heavy atom. The maximum absolute atomic E-state index is 11.5. The molecule has 19 heavy (non-hydrogen) atoms. The number of carbonyl (C=O) groups is 1. The van der Waals surface area contributed by atoms with Gasteiger partial charge < -0.3 is 15.7 Å². The van der Waals surface area contributed by atoms with E-state index in [1.807, 2.05) is 0 Å². The van der Waals surface area contributed by atoms with Crippen molar-refractivity contribution in [2.24, 2.45) is 23.5 Å². The number of likely N-dealkylation sites (tertiary alicyclic amines) is 1. The van der Waals surface area contributed by atoms with E-state index in [1.54, 1.807) is 0 Å². The maximum Gasteiger partial charge on any atom is 0.325 e. The summed E-state index contributed by atoms with van der Waals surface area (Å²) in [7, 11) is 0. The fourth-order valence-corrected chi connectivity index (χ4v) is 3.35. The van der Waals surface area contributed by atoms with Crippen molar-refractivity contribution in [3.8, 4) is 0 Å². The van der Waals surface area contributed by atoms with Gasteiger partial charge >= 0.3 is 5.97 Å². The van der Waals surface area contributed by atoms with Crippen LogP contribution in [0.1, 0.15) is 46.0 Å². The number of carboxylic acid groups (broad SMARTS) is 1. The number of rotatable bonds is 5. The first-order chi connectivity index (χ1) is 8.93. The molecule has 3 N–H and O–H groups in total. The third-order valence-electron chi connectivity index (χ3n) is 5.00. The minimum Gasteiger partial charge on any atom is -0.480 e. The van der Waals surface area contributed by atoms with E-state index in [-0.39, 0.29) is 5.92 Å². The number of hydrogen-bond donors (Lipinski definition) is 2. The molecule has 1 heterocycles. The Labute approximate surface area is 116 Å². The second kappa shape index (κ2) is 5.80. The summed E-state index contributed by atoms with van der Waals surface area (Å²) in [6, 6.07) is 0. The third-order valence-corrected chi connectivity index (χ3v) is 5.00. The molecule has 2 fully saturated rings. The van der Waals surface area contributed by atoms with Crippen molar-refractivity contribution >= 4 is 5.97 Å². The average Bonchev–Trinajstić information content (AvgIpc) is 3.15. The minimum absolute atomic E-state index is 0.189. The summed E-state index contributed by atoms with van der Waals surface area (Å²) in [5.41, 5.74) is 5.17. The lowest BCUT2D eigenvalue weighted by molar-refractivity contribution is -0.145. The first-order valence-corrected chi connectivity index (χ1v) is 7.68. The number of nitrogens with zero attached hydrogens (tertiary/aromatic N) is 1. The van der Waals surface area contributed by atoms with E-state index in [9.17, 15) is 9.90 Å². The van der Waals surface area contributed by atoms with Crippen molar-refractivity contribution in [1.82, 2.24) is 4.90 Å². The lowest BCUT2D eigenvalue weighted by Gasteiger charge is -2.31. The molecule has 0 aromatic heterocycles. The molecule has 4 heteroatoms. The highest BCUT2D eigenvalue weighted by molar-refractivity contribution is 5.79. The van der Waals surface area contributed by atoms with E-state index in [2.05, 4.69) is 18.7 Å². The topological polar surface area (TPSA) is 66.6 Å². The van der Waals surface area contributed by atoms with Crippen molar-refractivity contribution in [2.45, 2.75) is 51.5 Å². The van der Waals surface area contributed by atoms with Crippen molar-refractivity contribution in [3.05, 3.63) is 0 Å². The molecule has 2 rings (SSSR count). The van der Waals surface area contributed by atoms with Crippen LogP contribution in [0, 0.1) is 17.8 Å². The van der Waals surface area contributed by atoms with E-state index in [0.717, 1.165) is 37.8 Å². The van der Waals surface area contributed by atoms with Gasteiger partial charge in [0.25, 0.3) is 0 Å². The smallest absolute Gasteiger partial charge is 0.325 e. The van der Waals surface area contributed by atoms with Crippen molar-refractivity contribution < 1.29 is 9.90 Å². The Hall–Kier alpha value is -0.610. The van der Waals surface area contributed by atoms with Crippen molar-refractivity contribution in [1.29, 1.82) is 0 Å². The molecule has 0 aromatic carbocycles. The van der Waals surface area contributed by atoms with Crippen LogP contribution in [-0.2, 0) is 4.79 Å². The molecule has 2 unspecified atom stereocenters. The van der Waals surface area contributed by atoms with E-state index in [0.29, 0.717) is 6.54 Å². The first kappa shape index (κ1) is 14.8. The van der Waals surface area contributed by atoms with E-state index in [1.165, 1.54) is 19.3 Å². The number of hydrogen-bond acceptors (Lipinski definition) is 3. The largest absolute Gasteiger partial charge is 0.480 e. The highest BCUT2D eigenvalue weighted by atomic mass is 16.4. The lowest BCUT2D eigenvalue weighted by Crippen LogP contribution is -2.58. The van der Waals surface area contributed by atoms with Crippen LogP contribution in [0.25, 0.3) is 0 Å². The monoisotopic (exact) mass is 268 g/mol. The highest BCUT2D eigenvalue weighted by Crippen LogP contribution is 2.39. The summed E-state index contributed by atoms with van der Waals surface area (Å²) in [6.07, 6.45) is 5.57. The van der Waals surface area contributed by atoms with Gasteiger partial charge in [0.1, 0.15) is 5.54 Å². The predicted octanol–water partition coefficient (Wildman–Crippen LogP) is 1.94. The molecule has 1 saturated carbocycles. The molecular formula is C15H28N2O2. The van der Waals surface area contributed by atoms with Crippen LogP contribution >= 0.6 is 0 Å². The second-order valence-electron chi connectivity index (χ2n) is 6.83. The molecule has 0 bridgehead atoms. The molecule has 2 atom stereocenters. The average molecular weight is 268 g/mol. The van der Waals surface area contributed by atoms with Crippen LogP contribution in [0.2, 0.25) is 0 Å². The minimum atomic E-state index is -1.02. The van der Waals surface area contributed by atoms with Gasteiger partial charge in [0.15, 0.2) is 0 Å². The zero-order valence-corrected chi connectivity index (χ0v) is 12.3. The Kier molecular flexibility index (Phi) is 4.51. The third kappa shape index (κ3) is 3.48. The van der Waals surface area contributed by atoms with E-state index < -0.39 is 11.5 Å². The summed E-state index contributed by atoms with van der Waals surface area (Å²) < 4.78 is 0. The highest BCUT2D eigenvalue weighted by Gasteiger charge is 2.49. The molecule has 2 aliphatic rings. The summed E-state index contributed by atoms with van der Waals surface area (Å²) in [4.78, 5) is 13.8. The Balaban J connectivity index is 1.93. The fourth-order valence-electron chi connectivity index (χ4n) is 3.35. The quantitative estimate of drug-likeness (QED) is 0.799. The van der Waals surface area contributed by atoms with Gasteiger partial charge in [-0.25, -0.2) is 0 Å². The normalized spacial score (nSPS) is 28.9. The number of aliphatic carboxylic acids is 1. The van der Waals surface area contributed by atoms with Crippen molar-refractivity contribution in [2.75, 3.05) is 19.6 Å².